The Hall–Kier alpha value is -3.12. The van der Waals surface area contributed by atoms with Crippen LogP contribution in [-0.4, -0.2) is 35.9 Å². The third-order valence-corrected chi connectivity index (χ3v) is 6.95. The van der Waals surface area contributed by atoms with Crippen molar-refractivity contribution in [3.63, 3.8) is 0 Å². The molecule has 1 atom stereocenters. The molecule has 2 amide bonds. The molecule has 196 valence electrons. The SMILES string of the molecule is CCCCNC(=O)C(Cc1ccccc1)N(Cc1cccc(Br)c1)C(=O)COc1cc(C)cc(C)c1C. The van der Waals surface area contributed by atoms with Gasteiger partial charge in [0, 0.05) is 24.0 Å². The van der Waals surface area contributed by atoms with Gasteiger partial charge in [0.1, 0.15) is 11.8 Å². The molecular weight excluding hydrogens is 528 g/mol. The molecule has 0 spiro atoms. The Labute approximate surface area is 229 Å². The van der Waals surface area contributed by atoms with E-state index in [4.69, 9.17) is 4.74 Å². The molecule has 0 aliphatic rings. The van der Waals surface area contributed by atoms with E-state index >= 15 is 0 Å². The molecule has 0 aromatic heterocycles. The predicted octanol–water partition coefficient (Wildman–Crippen LogP) is 6.31. The van der Waals surface area contributed by atoms with Crippen molar-refractivity contribution in [1.29, 1.82) is 0 Å². The van der Waals surface area contributed by atoms with Crippen LogP contribution >= 0.6 is 15.9 Å². The highest BCUT2D eigenvalue weighted by molar-refractivity contribution is 9.10. The lowest BCUT2D eigenvalue weighted by Gasteiger charge is -2.31. The van der Waals surface area contributed by atoms with Gasteiger partial charge in [-0.1, -0.05) is 77.8 Å². The van der Waals surface area contributed by atoms with Crippen LogP contribution < -0.4 is 10.1 Å². The van der Waals surface area contributed by atoms with Gasteiger partial charge < -0.3 is 15.0 Å². The Kier molecular flexibility index (Phi) is 10.8. The molecule has 0 heterocycles. The van der Waals surface area contributed by atoms with Crippen molar-refractivity contribution < 1.29 is 14.3 Å². The third kappa shape index (κ3) is 8.46. The molecule has 0 radical (unpaired) electrons. The van der Waals surface area contributed by atoms with Crippen molar-refractivity contribution in [2.75, 3.05) is 13.2 Å². The van der Waals surface area contributed by atoms with Gasteiger partial charge in [-0.15, -0.1) is 0 Å². The average Bonchev–Trinajstić information content (AvgIpc) is 2.88. The van der Waals surface area contributed by atoms with Gasteiger partial charge in [0.2, 0.25) is 5.91 Å². The van der Waals surface area contributed by atoms with Gasteiger partial charge >= 0.3 is 0 Å². The van der Waals surface area contributed by atoms with Gasteiger partial charge in [-0.25, -0.2) is 0 Å². The maximum absolute atomic E-state index is 13.8. The van der Waals surface area contributed by atoms with Crippen LogP contribution in [0.15, 0.2) is 71.2 Å². The van der Waals surface area contributed by atoms with E-state index in [9.17, 15) is 9.59 Å². The first-order valence-corrected chi connectivity index (χ1v) is 13.6. The maximum atomic E-state index is 13.8. The summed E-state index contributed by atoms with van der Waals surface area (Å²) in [4.78, 5) is 28.9. The minimum atomic E-state index is -0.672. The van der Waals surface area contributed by atoms with Gasteiger partial charge in [0.25, 0.3) is 5.91 Å². The Morgan fingerprint density at radius 3 is 2.41 bits per heavy atom. The summed E-state index contributed by atoms with van der Waals surface area (Å²) in [6.45, 7) is 8.86. The van der Waals surface area contributed by atoms with E-state index in [2.05, 4.69) is 34.2 Å². The fourth-order valence-electron chi connectivity index (χ4n) is 4.27. The lowest BCUT2D eigenvalue weighted by atomic mass is 10.0. The van der Waals surface area contributed by atoms with Crippen molar-refractivity contribution in [2.45, 2.75) is 59.5 Å². The maximum Gasteiger partial charge on any atom is 0.261 e. The van der Waals surface area contributed by atoms with Crippen LogP contribution in [0, 0.1) is 20.8 Å². The van der Waals surface area contributed by atoms with E-state index in [1.807, 2.05) is 81.4 Å². The molecule has 0 aliphatic carbocycles. The number of amides is 2. The molecule has 1 N–H and O–H groups in total. The van der Waals surface area contributed by atoms with Crippen molar-refractivity contribution in [1.82, 2.24) is 10.2 Å². The number of carbonyl (C=O) groups excluding carboxylic acids is 2. The molecule has 37 heavy (non-hydrogen) atoms. The number of unbranched alkanes of at least 4 members (excludes halogenated alkanes) is 1. The van der Waals surface area contributed by atoms with E-state index in [1.54, 1.807) is 4.90 Å². The number of rotatable bonds is 12. The Bertz CT molecular complexity index is 1200. The summed E-state index contributed by atoms with van der Waals surface area (Å²) in [7, 11) is 0. The first-order chi connectivity index (χ1) is 17.8. The highest BCUT2D eigenvalue weighted by atomic mass is 79.9. The minimum Gasteiger partial charge on any atom is -0.483 e. The van der Waals surface area contributed by atoms with Crippen LogP contribution in [0.3, 0.4) is 0 Å². The number of ether oxygens (including phenoxy) is 1. The summed E-state index contributed by atoms with van der Waals surface area (Å²) < 4.78 is 6.97. The number of benzene rings is 3. The summed E-state index contributed by atoms with van der Waals surface area (Å²) in [6, 6.07) is 21.0. The zero-order valence-corrected chi connectivity index (χ0v) is 23.8. The molecule has 6 heteroatoms. The minimum absolute atomic E-state index is 0.148. The summed E-state index contributed by atoms with van der Waals surface area (Å²) in [5, 5.41) is 3.05. The fraction of sp³-hybridized carbons (Fsp3) is 0.355. The monoisotopic (exact) mass is 564 g/mol. The van der Waals surface area contributed by atoms with E-state index in [0.29, 0.717) is 25.3 Å². The zero-order valence-electron chi connectivity index (χ0n) is 22.2. The molecule has 0 aliphatic heterocycles. The quantitative estimate of drug-likeness (QED) is 0.262. The van der Waals surface area contributed by atoms with Gasteiger partial charge in [0.05, 0.1) is 0 Å². The molecule has 1 unspecified atom stereocenters. The van der Waals surface area contributed by atoms with Gasteiger partial charge in [-0.05, 0) is 73.2 Å². The van der Waals surface area contributed by atoms with E-state index in [0.717, 1.165) is 45.1 Å². The van der Waals surface area contributed by atoms with Crippen LogP contribution in [0.25, 0.3) is 0 Å². The predicted molar refractivity (Wildman–Crippen MR) is 153 cm³/mol. The van der Waals surface area contributed by atoms with E-state index in [-0.39, 0.29) is 18.4 Å². The largest absolute Gasteiger partial charge is 0.483 e. The van der Waals surface area contributed by atoms with Crippen molar-refractivity contribution in [3.05, 3.63) is 99.0 Å². The van der Waals surface area contributed by atoms with Gasteiger partial charge in [-0.3, -0.25) is 9.59 Å². The topological polar surface area (TPSA) is 58.6 Å². The molecule has 0 saturated heterocycles. The number of hydrogen-bond donors (Lipinski definition) is 1. The van der Waals surface area contributed by atoms with Gasteiger partial charge in [0.15, 0.2) is 6.61 Å². The molecule has 0 bridgehead atoms. The van der Waals surface area contributed by atoms with Gasteiger partial charge in [-0.2, -0.15) is 0 Å². The van der Waals surface area contributed by atoms with E-state index < -0.39 is 6.04 Å². The van der Waals surface area contributed by atoms with Crippen molar-refractivity contribution >= 4 is 27.7 Å². The Morgan fingerprint density at radius 1 is 0.973 bits per heavy atom. The highest BCUT2D eigenvalue weighted by Crippen LogP contribution is 2.24. The summed E-state index contributed by atoms with van der Waals surface area (Å²) >= 11 is 3.53. The second-order valence-corrected chi connectivity index (χ2v) is 10.4. The molecule has 0 fully saturated rings. The smallest absolute Gasteiger partial charge is 0.261 e. The molecule has 3 rings (SSSR count). The summed E-state index contributed by atoms with van der Waals surface area (Å²) in [5.41, 5.74) is 5.13. The van der Waals surface area contributed by atoms with Crippen molar-refractivity contribution in [3.8, 4) is 5.75 Å². The van der Waals surface area contributed by atoms with Crippen LogP contribution in [0.1, 0.15) is 47.6 Å². The number of aryl methyl sites for hydroxylation is 2. The Morgan fingerprint density at radius 2 is 1.70 bits per heavy atom. The normalized spacial score (nSPS) is 11.6. The number of hydrogen-bond acceptors (Lipinski definition) is 3. The molecule has 3 aromatic carbocycles. The van der Waals surface area contributed by atoms with Crippen LogP contribution in [0.4, 0.5) is 0 Å². The van der Waals surface area contributed by atoms with Crippen LogP contribution in [0.2, 0.25) is 0 Å². The number of carbonyl (C=O) groups is 2. The van der Waals surface area contributed by atoms with Crippen LogP contribution in [0.5, 0.6) is 5.75 Å². The number of halogens is 1. The lowest BCUT2D eigenvalue weighted by Crippen LogP contribution is -2.51. The Balaban J connectivity index is 1.92. The molecule has 5 nitrogen and oxygen atoms in total. The number of nitrogens with one attached hydrogen (secondary N) is 1. The first-order valence-electron chi connectivity index (χ1n) is 12.8. The molecule has 3 aromatic rings. The molecule has 0 saturated carbocycles. The number of nitrogens with zero attached hydrogens (tertiary/aromatic N) is 1. The molecular formula is C31H37BrN2O3. The zero-order chi connectivity index (χ0) is 26.8. The summed E-state index contributed by atoms with van der Waals surface area (Å²) in [6.07, 6.45) is 2.28. The van der Waals surface area contributed by atoms with Crippen molar-refractivity contribution in [2.24, 2.45) is 0 Å². The summed E-state index contributed by atoms with van der Waals surface area (Å²) in [5.74, 6) is 0.314. The highest BCUT2D eigenvalue weighted by Gasteiger charge is 2.30. The second-order valence-electron chi connectivity index (χ2n) is 9.50. The van der Waals surface area contributed by atoms with E-state index in [1.165, 1.54) is 0 Å². The standard InChI is InChI=1S/C31H37BrN2O3/c1-5-6-15-33-31(36)28(19-25-11-8-7-9-12-25)34(20-26-13-10-14-27(32)18-26)30(35)21-37-29-17-22(2)16-23(3)24(29)4/h7-14,16-18,28H,5-6,15,19-21H2,1-4H3,(H,33,36). The third-order valence-electron chi connectivity index (χ3n) is 6.46. The average molecular weight is 566 g/mol. The first kappa shape index (κ1) is 28.5. The van der Waals surface area contributed by atoms with Crippen LogP contribution in [-0.2, 0) is 22.6 Å². The fourth-order valence-corrected chi connectivity index (χ4v) is 4.71. The second kappa shape index (κ2) is 14.0. The lowest BCUT2D eigenvalue weighted by molar-refractivity contribution is -0.142.